The zero-order valence-corrected chi connectivity index (χ0v) is 23.1. The van der Waals surface area contributed by atoms with Crippen molar-refractivity contribution in [2.75, 3.05) is 33.2 Å². The highest BCUT2D eigenvalue weighted by atomic mass is 19.1. The monoisotopic (exact) mass is 529 g/mol. The molecule has 0 aliphatic carbocycles. The number of hydrogen-bond donors (Lipinski definition) is 2. The van der Waals surface area contributed by atoms with Crippen LogP contribution in [0.1, 0.15) is 50.7 Å². The van der Waals surface area contributed by atoms with Crippen molar-refractivity contribution in [3.05, 3.63) is 71.5 Å². The molecule has 0 radical (unpaired) electrons. The summed E-state index contributed by atoms with van der Waals surface area (Å²) < 4.78 is 13.0. The van der Waals surface area contributed by atoms with Crippen LogP contribution in [0.5, 0.6) is 0 Å². The minimum absolute atomic E-state index is 0.00445. The van der Waals surface area contributed by atoms with Crippen molar-refractivity contribution >= 4 is 18.6 Å². The van der Waals surface area contributed by atoms with Gasteiger partial charge in [-0.2, -0.15) is 0 Å². The highest BCUT2D eigenvalue weighted by molar-refractivity contribution is 5.87. The van der Waals surface area contributed by atoms with Crippen LogP contribution in [0.3, 0.4) is 0 Å². The summed E-state index contributed by atoms with van der Waals surface area (Å²) in [6.07, 6.45) is 4.68. The number of hydrogen-bond acceptors (Lipinski definition) is 6. The molecule has 210 valence electrons. The van der Waals surface area contributed by atoms with E-state index in [-0.39, 0.29) is 30.7 Å². The predicted molar refractivity (Wildman–Crippen MR) is 149 cm³/mol. The van der Waals surface area contributed by atoms with Crippen LogP contribution in [0.2, 0.25) is 0 Å². The number of piperazine rings is 1. The van der Waals surface area contributed by atoms with E-state index in [1.165, 1.54) is 29.9 Å². The minimum atomic E-state index is -0.514. The van der Waals surface area contributed by atoms with E-state index in [1.54, 1.807) is 29.1 Å². The van der Waals surface area contributed by atoms with E-state index in [0.29, 0.717) is 19.6 Å². The summed E-state index contributed by atoms with van der Waals surface area (Å²) in [5.41, 5.74) is 11.6. The Morgan fingerprint density at radius 1 is 1.05 bits per heavy atom. The lowest BCUT2D eigenvalue weighted by atomic mass is 10.1. The van der Waals surface area contributed by atoms with E-state index < -0.39 is 6.17 Å². The SMILES string of the molecule is C=O.CCCC.CN(CC(=O)N1CC(=O)N(CCCCc2ccc(F)cc2)CC1N)NCc1ccccc1. The number of aryl methyl sites for hydroxylation is 1. The molecule has 1 aliphatic heterocycles. The first kappa shape index (κ1) is 32.9. The van der Waals surface area contributed by atoms with Crippen LogP contribution in [0, 0.1) is 5.82 Å². The Bertz CT molecular complexity index is 928. The lowest BCUT2D eigenvalue weighted by molar-refractivity contribution is -0.149. The Kier molecular flexibility index (Phi) is 16.4. The average molecular weight is 530 g/mol. The number of nitrogens with two attached hydrogens (primary N) is 1. The minimum Gasteiger partial charge on any atom is -0.338 e. The first-order valence-electron chi connectivity index (χ1n) is 13.2. The molecule has 1 fully saturated rings. The summed E-state index contributed by atoms with van der Waals surface area (Å²) in [7, 11) is 1.80. The van der Waals surface area contributed by atoms with Gasteiger partial charge >= 0.3 is 0 Å². The van der Waals surface area contributed by atoms with E-state index in [4.69, 9.17) is 10.5 Å². The zero-order valence-electron chi connectivity index (χ0n) is 23.1. The third kappa shape index (κ3) is 12.4. The summed E-state index contributed by atoms with van der Waals surface area (Å²) in [4.78, 5) is 36.4. The van der Waals surface area contributed by atoms with Gasteiger partial charge in [-0.05, 0) is 42.5 Å². The molecule has 2 aromatic carbocycles. The normalized spacial score (nSPS) is 14.9. The van der Waals surface area contributed by atoms with E-state index in [1.807, 2.05) is 37.1 Å². The Hall–Kier alpha value is -3.14. The number of nitrogens with one attached hydrogen (secondary N) is 1. The standard InChI is InChI=1S/C24H32FN5O2.C4H10.CH2O/c1-28(27-15-20-8-3-2-4-9-20)17-24(32)30-18-23(31)29(16-22(30)26)14-6-5-7-19-10-12-21(25)13-11-19;1-3-4-2;1-2/h2-4,8-13,22,27H,5-7,14-18,26H2,1H3;3-4H2,1-2H3;1H2. The number of carbonyl (C=O) groups excluding carboxylic acids is 3. The van der Waals surface area contributed by atoms with Gasteiger partial charge in [-0.25, -0.2) is 9.40 Å². The van der Waals surface area contributed by atoms with Gasteiger partial charge in [-0.15, -0.1) is 0 Å². The van der Waals surface area contributed by atoms with E-state index in [2.05, 4.69) is 19.3 Å². The molecule has 0 bridgehead atoms. The number of benzene rings is 2. The molecule has 1 aliphatic rings. The second-order valence-electron chi connectivity index (χ2n) is 9.19. The summed E-state index contributed by atoms with van der Waals surface area (Å²) in [6.45, 7) is 8.05. The Labute approximate surface area is 226 Å². The number of rotatable bonds is 11. The highest BCUT2D eigenvalue weighted by Crippen LogP contribution is 2.12. The molecule has 8 nitrogen and oxygen atoms in total. The maximum Gasteiger partial charge on any atom is 0.242 e. The number of hydrazine groups is 1. The van der Waals surface area contributed by atoms with Crippen molar-refractivity contribution in [3.63, 3.8) is 0 Å². The largest absolute Gasteiger partial charge is 0.338 e. The quantitative estimate of drug-likeness (QED) is 0.342. The summed E-state index contributed by atoms with van der Waals surface area (Å²) in [6, 6.07) is 16.4. The number of carbonyl (C=O) groups is 3. The van der Waals surface area contributed by atoms with Crippen LogP contribution >= 0.6 is 0 Å². The Balaban J connectivity index is 0.00000110. The van der Waals surface area contributed by atoms with Gasteiger partial charge in [0, 0.05) is 20.1 Å². The van der Waals surface area contributed by atoms with Gasteiger partial charge in [0.2, 0.25) is 11.8 Å². The molecule has 0 saturated carbocycles. The van der Waals surface area contributed by atoms with Gasteiger partial charge in [0.25, 0.3) is 0 Å². The summed E-state index contributed by atoms with van der Waals surface area (Å²) >= 11 is 0. The van der Waals surface area contributed by atoms with Crippen LogP contribution in [-0.2, 0) is 27.3 Å². The summed E-state index contributed by atoms with van der Waals surface area (Å²) in [5, 5.41) is 1.72. The molecular formula is C29H44FN5O3. The lowest BCUT2D eigenvalue weighted by Gasteiger charge is -2.39. The van der Waals surface area contributed by atoms with Crippen LogP contribution in [0.4, 0.5) is 4.39 Å². The fraction of sp³-hybridized carbons (Fsp3) is 0.483. The highest BCUT2D eigenvalue weighted by Gasteiger charge is 2.32. The number of nitrogens with zero attached hydrogens (tertiary/aromatic N) is 3. The molecule has 1 atom stereocenters. The van der Waals surface area contributed by atoms with Crippen LogP contribution in [-0.4, -0.2) is 72.8 Å². The smallest absolute Gasteiger partial charge is 0.242 e. The summed E-state index contributed by atoms with van der Waals surface area (Å²) in [5.74, 6) is -0.495. The van der Waals surface area contributed by atoms with E-state index in [9.17, 15) is 14.0 Å². The van der Waals surface area contributed by atoms with Gasteiger partial charge in [0.05, 0.1) is 19.3 Å². The van der Waals surface area contributed by atoms with Crippen LogP contribution in [0.25, 0.3) is 0 Å². The Morgan fingerprint density at radius 3 is 2.29 bits per heavy atom. The van der Waals surface area contributed by atoms with Crippen molar-refractivity contribution in [2.45, 2.75) is 58.7 Å². The molecule has 3 N–H and O–H groups in total. The number of likely N-dealkylation sites (N-methyl/N-ethyl adjacent to an activating group) is 1. The van der Waals surface area contributed by atoms with Gasteiger partial charge in [-0.1, -0.05) is 69.2 Å². The van der Waals surface area contributed by atoms with Crippen molar-refractivity contribution in [2.24, 2.45) is 5.73 Å². The fourth-order valence-corrected chi connectivity index (χ4v) is 3.73. The molecule has 1 heterocycles. The number of amides is 2. The van der Waals surface area contributed by atoms with Crippen LogP contribution < -0.4 is 11.2 Å². The molecule has 1 unspecified atom stereocenters. The maximum atomic E-state index is 13.0. The molecule has 2 aromatic rings. The topological polar surface area (TPSA) is 99.0 Å². The van der Waals surface area contributed by atoms with Crippen molar-refractivity contribution in [3.8, 4) is 0 Å². The van der Waals surface area contributed by atoms with Gasteiger partial charge in [0.15, 0.2) is 0 Å². The second-order valence-corrected chi connectivity index (χ2v) is 9.19. The van der Waals surface area contributed by atoms with Crippen molar-refractivity contribution in [1.29, 1.82) is 0 Å². The lowest BCUT2D eigenvalue weighted by Crippen LogP contribution is -2.62. The molecule has 9 heteroatoms. The van der Waals surface area contributed by atoms with Crippen molar-refractivity contribution in [1.82, 2.24) is 20.2 Å². The molecule has 0 spiro atoms. The van der Waals surface area contributed by atoms with Crippen molar-refractivity contribution < 1.29 is 18.8 Å². The average Bonchev–Trinajstić information content (AvgIpc) is 2.94. The van der Waals surface area contributed by atoms with E-state index >= 15 is 0 Å². The molecular weight excluding hydrogens is 485 g/mol. The molecule has 0 aromatic heterocycles. The Morgan fingerprint density at radius 2 is 1.68 bits per heavy atom. The zero-order chi connectivity index (χ0) is 28.3. The maximum absolute atomic E-state index is 13.0. The van der Waals surface area contributed by atoms with Gasteiger partial charge in [-0.3, -0.25) is 15.0 Å². The van der Waals surface area contributed by atoms with Gasteiger partial charge in [0.1, 0.15) is 19.2 Å². The molecule has 3 rings (SSSR count). The third-order valence-corrected chi connectivity index (χ3v) is 6.11. The van der Waals surface area contributed by atoms with Crippen LogP contribution in [0.15, 0.2) is 54.6 Å². The first-order valence-corrected chi connectivity index (χ1v) is 13.2. The third-order valence-electron chi connectivity index (χ3n) is 6.11. The van der Waals surface area contributed by atoms with Gasteiger partial charge < -0.3 is 20.3 Å². The first-order chi connectivity index (χ1) is 18.3. The number of halogens is 1. The predicted octanol–water partition coefficient (Wildman–Crippen LogP) is 3.36. The van der Waals surface area contributed by atoms with E-state index in [0.717, 1.165) is 30.4 Å². The molecule has 38 heavy (non-hydrogen) atoms. The fourth-order valence-electron chi connectivity index (χ4n) is 3.73. The molecule has 2 amide bonds. The number of unbranched alkanes of at least 4 members (excludes halogenated alkanes) is 2. The molecule has 1 saturated heterocycles. The second kappa shape index (κ2) is 19.0.